The quantitative estimate of drug-likeness (QED) is 0.226. The van der Waals surface area contributed by atoms with Crippen LogP contribution < -0.4 is 22.9 Å². The molecule has 15 heavy (non-hydrogen) atoms. The molecule has 0 atom stereocenters. The van der Waals surface area contributed by atoms with Crippen LogP contribution in [-0.2, 0) is 4.74 Å². The van der Waals surface area contributed by atoms with Crippen LogP contribution in [0.4, 0.5) is 0 Å². The number of ether oxygens (including phenoxy) is 1. The van der Waals surface area contributed by atoms with Gasteiger partial charge in [-0.05, 0) is 0 Å². The number of rotatable bonds is 5. The molecule has 0 aliphatic carbocycles. The van der Waals surface area contributed by atoms with Crippen molar-refractivity contribution < 1.29 is 4.74 Å². The summed E-state index contributed by atoms with van der Waals surface area (Å²) >= 11 is 0. The van der Waals surface area contributed by atoms with E-state index in [1.54, 1.807) is 0 Å². The largest absolute Gasteiger partial charge is 0.378 e. The summed E-state index contributed by atoms with van der Waals surface area (Å²) in [4.78, 5) is 0. The van der Waals surface area contributed by atoms with E-state index in [9.17, 15) is 0 Å². The first-order chi connectivity index (χ1) is 7.06. The highest BCUT2D eigenvalue weighted by molar-refractivity contribution is 6.31. The van der Waals surface area contributed by atoms with Gasteiger partial charge in [-0.25, -0.2) is 0 Å². The summed E-state index contributed by atoms with van der Waals surface area (Å²) in [5.74, 6) is -0.330. The second-order valence-electron chi connectivity index (χ2n) is 2.32. The fraction of sp³-hybridized carbons (Fsp3) is 0.333. The zero-order chi connectivity index (χ0) is 11.7. The van der Waals surface area contributed by atoms with E-state index in [0.717, 1.165) is 0 Å². The zero-order valence-corrected chi connectivity index (χ0v) is 8.29. The maximum absolute atomic E-state index is 5.08. The predicted octanol–water partition coefficient (Wildman–Crippen LogP) is -2.48. The first-order valence-corrected chi connectivity index (χ1v) is 3.82. The molecule has 0 fully saturated rings. The highest BCUT2D eigenvalue weighted by Gasteiger charge is 1.93. The molecule has 84 valence electrons. The Bertz CT molecular complexity index is 296. The molecule has 0 spiro atoms. The predicted molar refractivity (Wildman–Crippen MR) is 59.4 cm³/mol. The van der Waals surface area contributed by atoms with E-state index < -0.39 is 0 Å². The van der Waals surface area contributed by atoms with Gasteiger partial charge in [-0.2, -0.15) is 5.10 Å². The molecule has 0 aromatic rings. The van der Waals surface area contributed by atoms with Gasteiger partial charge in [-0.15, -0.1) is 15.3 Å². The fourth-order valence-corrected chi connectivity index (χ4v) is 0.524. The minimum atomic E-state index is -0.168. The Hall–Kier alpha value is -2.16. The Morgan fingerprint density at radius 1 is 1.07 bits per heavy atom. The lowest BCUT2D eigenvalue weighted by Gasteiger charge is -1.95. The first kappa shape index (κ1) is 12.8. The van der Waals surface area contributed by atoms with Crippen LogP contribution in [0.1, 0.15) is 0 Å². The second kappa shape index (κ2) is 7.26. The van der Waals surface area contributed by atoms with Crippen molar-refractivity contribution in [3.05, 3.63) is 0 Å². The van der Waals surface area contributed by atoms with Gasteiger partial charge >= 0.3 is 0 Å². The first-order valence-electron chi connectivity index (χ1n) is 3.82. The van der Waals surface area contributed by atoms with Gasteiger partial charge in [0.15, 0.2) is 0 Å². The molecule has 0 radical (unpaired) electrons. The molecule has 9 heteroatoms. The molecule has 0 rings (SSSR count). The van der Waals surface area contributed by atoms with Gasteiger partial charge in [0.05, 0.1) is 12.8 Å². The Balaban J connectivity index is 4.54. The van der Waals surface area contributed by atoms with Gasteiger partial charge in [-0.3, -0.25) is 0 Å². The van der Waals surface area contributed by atoms with Crippen molar-refractivity contribution in [3.8, 4) is 0 Å². The lowest BCUT2D eigenvalue weighted by atomic mass is 10.4. The average molecular weight is 214 g/mol. The Labute approximate surface area is 86.6 Å². The third-order valence-corrected chi connectivity index (χ3v) is 0.966. The van der Waals surface area contributed by atoms with Crippen molar-refractivity contribution in [1.29, 1.82) is 0 Å². The number of methoxy groups -OCH3 is 1. The average Bonchev–Trinajstić information content (AvgIpc) is 2.13. The van der Waals surface area contributed by atoms with Gasteiger partial charge in [0.2, 0.25) is 11.9 Å². The fourth-order valence-electron chi connectivity index (χ4n) is 0.524. The van der Waals surface area contributed by atoms with Gasteiger partial charge in [-0.1, -0.05) is 0 Å². The molecular formula is C6H14N8O. The molecule has 0 aromatic carbocycles. The summed E-state index contributed by atoms with van der Waals surface area (Å²) in [6.07, 6.45) is 1.27. The molecule has 9 nitrogen and oxygen atoms in total. The van der Waals surface area contributed by atoms with Crippen molar-refractivity contribution in [2.45, 2.75) is 0 Å². The lowest BCUT2D eigenvalue weighted by Crippen LogP contribution is -2.22. The summed E-state index contributed by atoms with van der Waals surface area (Å²) < 4.78 is 4.81. The van der Waals surface area contributed by atoms with E-state index in [1.807, 2.05) is 0 Å². The summed E-state index contributed by atoms with van der Waals surface area (Å²) in [7, 11) is 1.49. The van der Waals surface area contributed by atoms with E-state index in [-0.39, 0.29) is 18.5 Å². The van der Waals surface area contributed by atoms with Crippen molar-refractivity contribution in [3.63, 3.8) is 0 Å². The van der Waals surface area contributed by atoms with Crippen LogP contribution in [0.25, 0.3) is 0 Å². The summed E-state index contributed by atoms with van der Waals surface area (Å²) in [6, 6.07) is 0. The zero-order valence-electron chi connectivity index (χ0n) is 8.29. The van der Waals surface area contributed by atoms with Crippen LogP contribution in [0.3, 0.4) is 0 Å². The van der Waals surface area contributed by atoms with E-state index >= 15 is 0 Å². The molecule has 0 bridgehead atoms. The smallest absolute Gasteiger partial charge is 0.211 e. The Morgan fingerprint density at radius 2 is 1.67 bits per heavy atom. The maximum atomic E-state index is 5.08. The SMILES string of the molecule is COCC(C=NN=C(N)N)=NN=C(N)N. The van der Waals surface area contributed by atoms with Crippen molar-refractivity contribution in [2.24, 2.45) is 43.3 Å². The van der Waals surface area contributed by atoms with Crippen LogP contribution in [0, 0.1) is 0 Å². The van der Waals surface area contributed by atoms with Crippen LogP contribution in [-0.4, -0.2) is 37.6 Å². The number of hydrogen-bond acceptors (Lipinski definition) is 5. The molecule has 8 N–H and O–H groups in total. The summed E-state index contributed by atoms with van der Waals surface area (Å²) in [5, 5.41) is 13.9. The molecule has 0 aliphatic rings. The lowest BCUT2D eigenvalue weighted by molar-refractivity contribution is 0.246. The number of guanidine groups is 2. The molecule has 0 heterocycles. The Morgan fingerprint density at radius 3 is 2.13 bits per heavy atom. The molecule has 0 aliphatic heterocycles. The van der Waals surface area contributed by atoms with E-state index in [0.29, 0.717) is 5.71 Å². The minimum Gasteiger partial charge on any atom is -0.378 e. The number of nitrogens with two attached hydrogens (primary N) is 4. The Kier molecular flexibility index (Phi) is 6.22. The van der Waals surface area contributed by atoms with Crippen LogP contribution in [0.5, 0.6) is 0 Å². The molecule has 0 unspecified atom stereocenters. The molecule has 0 saturated heterocycles. The summed E-state index contributed by atoms with van der Waals surface area (Å²) in [5.41, 5.74) is 20.6. The highest BCUT2D eigenvalue weighted by Crippen LogP contribution is 1.81. The van der Waals surface area contributed by atoms with Crippen LogP contribution in [0.2, 0.25) is 0 Å². The van der Waals surface area contributed by atoms with Gasteiger partial charge in [0.25, 0.3) is 0 Å². The normalized spacial score (nSPS) is 11.4. The highest BCUT2D eigenvalue weighted by atomic mass is 16.5. The minimum absolute atomic E-state index is 0.162. The number of hydrogen-bond donors (Lipinski definition) is 4. The number of nitrogens with zero attached hydrogens (tertiary/aromatic N) is 4. The molecule has 0 amide bonds. The van der Waals surface area contributed by atoms with E-state index in [2.05, 4.69) is 20.4 Å². The third-order valence-electron chi connectivity index (χ3n) is 0.966. The van der Waals surface area contributed by atoms with Crippen LogP contribution in [0.15, 0.2) is 20.4 Å². The van der Waals surface area contributed by atoms with Gasteiger partial charge < -0.3 is 27.7 Å². The molecule has 0 aromatic heterocycles. The van der Waals surface area contributed by atoms with Gasteiger partial charge in [0, 0.05) is 7.11 Å². The van der Waals surface area contributed by atoms with Crippen molar-refractivity contribution >= 4 is 23.8 Å². The monoisotopic (exact) mass is 214 g/mol. The topological polar surface area (TPSA) is 163 Å². The standard InChI is InChI=1S/C6H14N8O/c1-15-3-4(12-14-6(9)10)2-11-13-5(7)8/h2H,3H2,1H3,(H4,7,8,13)(H4,9,10,14). The van der Waals surface area contributed by atoms with Crippen LogP contribution >= 0.6 is 0 Å². The maximum Gasteiger partial charge on any atom is 0.211 e. The second-order valence-corrected chi connectivity index (χ2v) is 2.32. The summed E-state index contributed by atoms with van der Waals surface area (Å²) in [6.45, 7) is 0.181. The van der Waals surface area contributed by atoms with Gasteiger partial charge in [0.1, 0.15) is 5.71 Å². The van der Waals surface area contributed by atoms with Crippen molar-refractivity contribution in [2.75, 3.05) is 13.7 Å². The van der Waals surface area contributed by atoms with Crippen molar-refractivity contribution in [1.82, 2.24) is 0 Å². The van der Waals surface area contributed by atoms with E-state index in [4.69, 9.17) is 27.7 Å². The third kappa shape index (κ3) is 8.18. The molecule has 0 saturated carbocycles. The van der Waals surface area contributed by atoms with E-state index in [1.165, 1.54) is 13.3 Å². The molecular weight excluding hydrogens is 200 g/mol.